The molecule has 2 rings (SSSR count). The number of carbonyl (C=O) groups is 1. The van der Waals surface area contributed by atoms with Crippen LogP contribution < -0.4 is 11.1 Å². The van der Waals surface area contributed by atoms with Gasteiger partial charge in [0.1, 0.15) is 5.76 Å². The highest BCUT2D eigenvalue weighted by Crippen LogP contribution is 2.16. The zero-order valence-electron chi connectivity index (χ0n) is 10.8. The summed E-state index contributed by atoms with van der Waals surface area (Å²) in [7, 11) is 0. The normalized spacial score (nSPS) is 25.8. The molecule has 0 aromatic carbocycles. The first-order valence-corrected chi connectivity index (χ1v) is 6.45. The van der Waals surface area contributed by atoms with Gasteiger partial charge in [-0.3, -0.25) is 9.69 Å². The molecule has 2 heterocycles. The quantitative estimate of drug-likeness (QED) is 0.820. The van der Waals surface area contributed by atoms with E-state index in [0.717, 1.165) is 18.8 Å². The SMILES string of the molecule is CC1CNC(=O)C(CCN)N(Cc2ccco2)C1. The smallest absolute Gasteiger partial charge is 0.237 e. The molecule has 5 heteroatoms. The van der Waals surface area contributed by atoms with Crippen molar-refractivity contribution in [3.63, 3.8) is 0 Å². The summed E-state index contributed by atoms with van der Waals surface area (Å²) >= 11 is 0. The minimum absolute atomic E-state index is 0.0800. The molecule has 1 aliphatic heterocycles. The third-order valence-corrected chi connectivity index (χ3v) is 3.29. The van der Waals surface area contributed by atoms with Crippen LogP contribution >= 0.6 is 0 Å². The number of nitrogens with two attached hydrogens (primary N) is 1. The summed E-state index contributed by atoms with van der Waals surface area (Å²) in [5.41, 5.74) is 5.61. The van der Waals surface area contributed by atoms with Crippen LogP contribution in [0, 0.1) is 5.92 Å². The maximum Gasteiger partial charge on any atom is 0.237 e. The van der Waals surface area contributed by atoms with Gasteiger partial charge in [-0.25, -0.2) is 0 Å². The molecule has 1 fully saturated rings. The monoisotopic (exact) mass is 251 g/mol. The maximum atomic E-state index is 12.0. The Labute approximate surface area is 107 Å². The van der Waals surface area contributed by atoms with Crippen molar-refractivity contribution >= 4 is 5.91 Å². The predicted molar refractivity (Wildman–Crippen MR) is 68.8 cm³/mol. The van der Waals surface area contributed by atoms with Gasteiger partial charge in [0.25, 0.3) is 0 Å². The summed E-state index contributed by atoms with van der Waals surface area (Å²) in [4.78, 5) is 14.2. The highest BCUT2D eigenvalue weighted by molar-refractivity contribution is 5.82. The molecule has 1 amide bonds. The van der Waals surface area contributed by atoms with Gasteiger partial charge in [-0.1, -0.05) is 6.92 Å². The second-order valence-electron chi connectivity index (χ2n) is 4.95. The Morgan fingerprint density at radius 3 is 3.11 bits per heavy atom. The third kappa shape index (κ3) is 3.11. The minimum Gasteiger partial charge on any atom is -0.468 e. The Kier molecular flexibility index (Phi) is 4.38. The summed E-state index contributed by atoms with van der Waals surface area (Å²) in [5.74, 6) is 1.40. The molecule has 0 spiro atoms. The first-order valence-electron chi connectivity index (χ1n) is 6.45. The number of hydrogen-bond acceptors (Lipinski definition) is 4. The van der Waals surface area contributed by atoms with Crippen LogP contribution in [0.4, 0.5) is 0 Å². The van der Waals surface area contributed by atoms with Gasteiger partial charge < -0.3 is 15.5 Å². The van der Waals surface area contributed by atoms with Crippen LogP contribution in [0.3, 0.4) is 0 Å². The van der Waals surface area contributed by atoms with Gasteiger partial charge in [0.15, 0.2) is 0 Å². The van der Waals surface area contributed by atoms with Crippen molar-refractivity contribution in [2.45, 2.75) is 25.9 Å². The highest BCUT2D eigenvalue weighted by atomic mass is 16.3. The molecule has 1 saturated heterocycles. The van der Waals surface area contributed by atoms with Crippen LogP contribution in [0.15, 0.2) is 22.8 Å². The number of carbonyl (C=O) groups excluding carboxylic acids is 1. The van der Waals surface area contributed by atoms with E-state index in [-0.39, 0.29) is 11.9 Å². The van der Waals surface area contributed by atoms with Gasteiger partial charge in [0, 0.05) is 13.1 Å². The average Bonchev–Trinajstić information content (AvgIpc) is 2.80. The summed E-state index contributed by atoms with van der Waals surface area (Å²) in [6, 6.07) is 3.66. The summed E-state index contributed by atoms with van der Waals surface area (Å²) in [6.07, 6.45) is 2.34. The van der Waals surface area contributed by atoms with E-state index in [9.17, 15) is 4.79 Å². The van der Waals surface area contributed by atoms with Gasteiger partial charge in [-0.2, -0.15) is 0 Å². The lowest BCUT2D eigenvalue weighted by Crippen LogP contribution is -2.45. The predicted octanol–water partition coefficient (Wildman–Crippen LogP) is 0.565. The first-order chi connectivity index (χ1) is 8.70. The van der Waals surface area contributed by atoms with Crippen molar-refractivity contribution in [1.82, 2.24) is 10.2 Å². The second kappa shape index (κ2) is 6.02. The lowest BCUT2D eigenvalue weighted by Gasteiger charge is -2.28. The number of hydrogen-bond donors (Lipinski definition) is 2. The fourth-order valence-electron chi connectivity index (χ4n) is 2.40. The lowest BCUT2D eigenvalue weighted by molar-refractivity contribution is -0.125. The van der Waals surface area contributed by atoms with Crippen molar-refractivity contribution in [2.24, 2.45) is 11.7 Å². The molecular formula is C13H21N3O2. The molecule has 0 radical (unpaired) electrons. The van der Waals surface area contributed by atoms with Gasteiger partial charge in [0.05, 0.1) is 18.8 Å². The van der Waals surface area contributed by atoms with Crippen LogP contribution in [-0.4, -0.2) is 36.5 Å². The van der Waals surface area contributed by atoms with Gasteiger partial charge in [-0.05, 0) is 31.0 Å². The van der Waals surface area contributed by atoms with Gasteiger partial charge in [0.2, 0.25) is 5.91 Å². The maximum absolute atomic E-state index is 12.0. The molecule has 1 aliphatic rings. The van der Waals surface area contributed by atoms with Crippen molar-refractivity contribution in [2.75, 3.05) is 19.6 Å². The molecule has 5 nitrogen and oxygen atoms in total. The van der Waals surface area contributed by atoms with Crippen LogP contribution in [0.2, 0.25) is 0 Å². The van der Waals surface area contributed by atoms with Crippen molar-refractivity contribution in [3.8, 4) is 0 Å². The molecule has 0 bridgehead atoms. The minimum atomic E-state index is -0.148. The average molecular weight is 251 g/mol. The standard InChI is InChI=1S/C13H21N3O2/c1-10-7-15-13(17)12(4-5-14)16(8-10)9-11-3-2-6-18-11/h2-3,6,10,12H,4-5,7-9,14H2,1H3,(H,15,17). The Morgan fingerprint density at radius 2 is 2.44 bits per heavy atom. The largest absolute Gasteiger partial charge is 0.468 e. The third-order valence-electron chi connectivity index (χ3n) is 3.29. The van der Waals surface area contributed by atoms with Crippen LogP contribution in [0.5, 0.6) is 0 Å². The molecule has 0 aliphatic carbocycles. The number of rotatable bonds is 4. The molecule has 1 aromatic heterocycles. The molecule has 100 valence electrons. The van der Waals surface area contributed by atoms with Crippen molar-refractivity contribution < 1.29 is 9.21 Å². The Morgan fingerprint density at radius 1 is 1.61 bits per heavy atom. The first kappa shape index (κ1) is 13.1. The fraction of sp³-hybridized carbons (Fsp3) is 0.615. The van der Waals surface area contributed by atoms with Gasteiger partial charge in [-0.15, -0.1) is 0 Å². The molecule has 18 heavy (non-hydrogen) atoms. The Balaban J connectivity index is 2.11. The lowest BCUT2D eigenvalue weighted by atomic mass is 10.1. The molecule has 2 atom stereocenters. The number of amides is 1. The zero-order chi connectivity index (χ0) is 13.0. The topological polar surface area (TPSA) is 71.5 Å². The van der Waals surface area contributed by atoms with Crippen LogP contribution in [0.25, 0.3) is 0 Å². The van der Waals surface area contributed by atoms with Crippen LogP contribution in [-0.2, 0) is 11.3 Å². The summed E-state index contributed by atoms with van der Waals surface area (Å²) in [6.45, 7) is 4.93. The van der Waals surface area contributed by atoms with E-state index >= 15 is 0 Å². The molecule has 3 N–H and O–H groups in total. The van der Waals surface area contributed by atoms with E-state index in [1.807, 2.05) is 12.1 Å². The molecular weight excluding hydrogens is 230 g/mol. The highest BCUT2D eigenvalue weighted by Gasteiger charge is 2.30. The van der Waals surface area contributed by atoms with Crippen LogP contribution in [0.1, 0.15) is 19.1 Å². The summed E-state index contributed by atoms with van der Waals surface area (Å²) in [5, 5.41) is 2.97. The number of nitrogens with zero attached hydrogens (tertiary/aromatic N) is 1. The van der Waals surface area contributed by atoms with E-state index < -0.39 is 0 Å². The van der Waals surface area contributed by atoms with E-state index in [2.05, 4.69) is 17.1 Å². The zero-order valence-corrected chi connectivity index (χ0v) is 10.8. The number of furan rings is 1. The fourth-order valence-corrected chi connectivity index (χ4v) is 2.40. The molecule has 0 saturated carbocycles. The Hall–Kier alpha value is -1.33. The Bertz CT molecular complexity index is 378. The number of nitrogens with one attached hydrogen (secondary N) is 1. The van der Waals surface area contributed by atoms with E-state index in [1.54, 1.807) is 6.26 Å². The summed E-state index contributed by atoms with van der Waals surface area (Å²) < 4.78 is 5.37. The second-order valence-corrected chi connectivity index (χ2v) is 4.95. The molecule has 2 unspecified atom stereocenters. The van der Waals surface area contributed by atoms with Crippen molar-refractivity contribution in [3.05, 3.63) is 24.2 Å². The van der Waals surface area contributed by atoms with Crippen molar-refractivity contribution in [1.29, 1.82) is 0 Å². The van der Waals surface area contributed by atoms with E-state index in [0.29, 0.717) is 25.4 Å². The van der Waals surface area contributed by atoms with Gasteiger partial charge >= 0.3 is 0 Å². The van der Waals surface area contributed by atoms with E-state index in [1.165, 1.54) is 0 Å². The van der Waals surface area contributed by atoms with E-state index in [4.69, 9.17) is 10.2 Å². The molecule has 1 aromatic rings.